The molecule has 0 saturated carbocycles. The number of aryl methyl sites for hydroxylation is 4. The van der Waals surface area contributed by atoms with E-state index >= 15 is 0 Å². The van der Waals surface area contributed by atoms with Crippen molar-refractivity contribution in [2.24, 2.45) is 5.92 Å². The molecule has 0 aliphatic heterocycles. The maximum atomic E-state index is 2.50. The predicted molar refractivity (Wildman–Crippen MR) is 167 cm³/mol. The van der Waals surface area contributed by atoms with E-state index < -0.39 is 15.8 Å². The average molecular weight is 519 g/mol. The van der Waals surface area contributed by atoms with Crippen LogP contribution in [0.4, 0.5) is 0 Å². The summed E-state index contributed by atoms with van der Waals surface area (Å²) in [5.41, 5.74) is 5.89. The second-order valence-electron chi connectivity index (χ2n) is 10.3. The van der Waals surface area contributed by atoms with Gasteiger partial charge in [0.1, 0.15) is 0 Å². The average Bonchev–Trinajstić information content (AvgIpc) is 3.34. The van der Waals surface area contributed by atoms with Crippen molar-refractivity contribution in [3.63, 3.8) is 0 Å². The Bertz CT molecular complexity index is 1300. The van der Waals surface area contributed by atoms with Gasteiger partial charge in [0.25, 0.3) is 0 Å². The fraction of sp³-hybridized carbons (Fsp3) is 0.200. The zero-order valence-corrected chi connectivity index (χ0v) is 24.3. The van der Waals surface area contributed by atoms with Crippen LogP contribution in [0.1, 0.15) is 29.2 Å². The molecule has 0 bridgehead atoms. The molecule has 37 heavy (non-hydrogen) atoms. The van der Waals surface area contributed by atoms with E-state index in [-0.39, 0.29) is 0 Å². The summed E-state index contributed by atoms with van der Waals surface area (Å²) in [4.78, 5) is 0. The molecule has 2 heteroatoms. The van der Waals surface area contributed by atoms with Crippen LogP contribution in [-0.2, 0) is 0 Å². The Morgan fingerprint density at radius 1 is 0.568 bits per heavy atom. The highest BCUT2D eigenvalue weighted by Crippen LogP contribution is 2.55. The molecule has 186 valence electrons. The van der Waals surface area contributed by atoms with Crippen molar-refractivity contribution < 1.29 is 0 Å². The summed E-state index contributed by atoms with van der Waals surface area (Å²) in [6.45, 7) is 11.4. The highest BCUT2D eigenvalue weighted by Gasteiger charge is 2.34. The third-order valence-electron chi connectivity index (χ3n) is 7.11. The summed E-state index contributed by atoms with van der Waals surface area (Å²) in [7, 11) is -1.16. The van der Waals surface area contributed by atoms with Gasteiger partial charge in [0.2, 0.25) is 0 Å². The lowest BCUT2D eigenvalue weighted by molar-refractivity contribution is 0.785. The van der Waals surface area contributed by atoms with E-state index in [2.05, 4.69) is 150 Å². The first kappa shape index (κ1) is 25.9. The van der Waals surface area contributed by atoms with E-state index in [1.807, 2.05) is 0 Å². The van der Waals surface area contributed by atoms with E-state index in [0.717, 1.165) is 0 Å². The molecule has 1 aliphatic carbocycles. The summed E-state index contributed by atoms with van der Waals surface area (Å²) >= 11 is 0. The number of hydrogen-bond acceptors (Lipinski definition) is 0. The van der Waals surface area contributed by atoms with Gasteiger partial charge in [-0.05, 0) is 75.7 Å². The van der Waals surface area contributed by atoms with Gasteiger partial charge in [-0.2, -0.15) is 0 Å². The Morgan fingerprint density at radius 3 is 1.43 bits per heavy atom. The van der Waals surface area contributed by atoms with Crippen LogP contribution in [0.25, 0.3) is 0 Å². The highest BCUT2D eigenvalue weighted by atomic mass is 31.1. The number of allylic oxidation sites excluding steroid dienone is 4. The van der Waals surface area contributed by atoms with E-state index in [1.54, 1.807) is 5.31 Å². The van der Waals surface area contributed by atoms with Crippen molar-refractivity contribution >= 4 is 37.1 Å². The Morgan fingerprint density at radius 2 is 1.00 bits per heavy atom. The molecular formula is C35H36P2. The summed E-state index contributed by atoms with van der Waals surface area (Å²) in [5, 5.41) is 7.42. The fourth-order valence-electron chi connectivity index (χ4n) is 5.68. The third-order valence-corrected chi connectivity index (χ3v) is 12.5. The molecule has 4 aromatic carbocycles. The Balaban J connectivity index is 1.62. The molecule has 2 atom stereocenters. The second-order valence-corrected chi connectivity index (χ2v) is 15.1. The first-order valence-corrected chi connectivity index (χ1v) is 15.9. The maximum absolute atomic E-state index is 2.50. The van der Waals surface area contributed by atoms with Crippen LogP contribution < -0.4 is 21.2 Å². The zero-order valence-electron chi connectivity index (χ0n) is 22.5. The molecule has 0 spiro atoms. The van der Waals surface area contributed by atoms with E-state index in [4.69, 9.17) is 0 Å². The molecule has 2 unspecified atom stereocenters. The smallest absolute Gasteiger partial charge is 0.0103 e. The lowest BCUT2D eigenvalue weighted by atomic mass is 10.1. The number of rotatable bonds is 7. The molecule has 0 radical (unpaired) electrons. The first-order valence-electron chi connectivity index (χ1n) is 13.1. The molecule has 0 heterocycles. The van der Waals surface area contributed by atoms with Crippen molar-refractivity contribution in [1.82, 2.24) is 0 Å². The van der Waals surface area contributed by atoms with Crippen molar-refractivity contribution in [3.05, 3.63) is 143 Å². The van der Waals surface area contributed by atoms with Crippen LogP contribution in [-0.4, -0.2) is 5.66 Å². The third kappa shape index (κ3) is 5.72. The fourth-order valence-corrected chi connectivity index (χ4v) is 11.7. The molecule has 0 amide bonds. The van der Waals surface area contributed by atoms with Gasteiger partial charge >= 0.3 is 0 Å². The van der Waals surface area contributed by atoms with Crippen molar-refractivity contribution in [3.8, 4) is 0 Å². The minimum atomic E-state index is -0.602. The molecule has 5 rings (SSSR count). The van der Waals surface area contributed by atoms with Crippen LogP contribution in [0.5, 0.6) is 0 Å². The molecular weight excluding hydrogens is 482 g/mol. The van der Waals surface area contributed by atoms with Gasteiger partial charge in [-0.15, -0.1) is 0 Å². The Kier molecular flexibility index (Phi) is 7.90. The summed E-state index contributed by atoms with van der Waals surface area (Å²) in [6.07, 6.45) is 7.21. The largest absolute Gasteiger partial charge is 0.0763 e. The van der Waals surface area contributed by atoms with E-state index in [0.29, 0.717) is 11.6 Å². The van der Waals surface area contributed by atoms with Crippen molar-refractivity contribution in [2.75, 3.05) is 0 Å². The van der Waals surface area contributed by atoms with Gasteiger partial charge in [0, 0.05) is 5.92 Å². The SMILES string of the molecule is Cc1cc(C)cc(P(c2cc(C)cc(C)c2)C(C)C2C=CC=C2P(c2ccccc2)c2ccccc2)c1. The number of benzene rings is 4. The molecule has 0 N–H and O–H groups in total. The van der Waals surface area contributed by atoms with Crippen molar-refractivity contribution in [2.45, 2.75) is 40.3 Å². The maximum Gasteiger partial charge on any atom is 0.0103 e. The quantitative estimate of drug-likeness (QED) is 0.218. The lowest BCUT2D eigenvalue weighted by Crippen LogP contribution is -2.27. The van der Waals surface area contributed by atoms with Crippen LogP contribution in [0.3, 0.4) is 0 Å². The first-order chi connectivity index (χ1) is 17.9. The van der Waals surface area contributed by atoms with Gasteiger partial charge in [0.15, 0.2) is 0 Å². The predicted octanol–water partition coefficient (Wildman–Crippen LogP) is 7.94. The normalized spacial score (nSPS) is 15.9. The standard InChI is InChI=1S/C35H36P2/c1-25-19-26(2)22-32(21-25)36(33-23-27(3)20-28(4)24-33)29(5)34-17-12-18-35(34)37(30-13-8-6-9-14-30)31-15-10-7-11-16-31/h6-24,29,34H,1-5H3. The molecule has 0 nitrogen and oxygen atoms in total. The van der Waals surface area contributed by atoms with Crippen LogP contribution in [0.15, 0.2) is 121 Å². The van der Waals surface area contributed by atoms with Crippen LogP contribution in [0, 0.1) is 33.6 Å². The summed E-state index contributed by atoms with van der Waals surface area (Å²) < 4.78 is 0. The minimum Gasteiger partial charge on any atom is -0.0763 e. The van der Waals surface area contributed by atoms with E-state index in [1.165, 1.54) is 43.5 Å². The Labute approximate surface area is 225 Å². The highest BCUT2D eigenvalue weighted by molar-refractivity contribution is 7.77. The van der Waals surface area contributed by atoms with Gasteiger partial charge in [-0.25, -0.2) is 0 Å². The summed E-state index contributed by atoms with van der Waals surface area (Å²) in [6, 6.07) is 36.6. The Hall–Kier alpha value is -2.78. The van der Waals surface area contributed by atoms with Gasteiger partial charge in [-0.3, -0.25) is 0 Å². The molecule has 0 saturated heterocycles. The molecule has 0 fully saturated rings. The molecule has 0 aromatic heterocycles. The van der Waals surface area contributed by atoms with E-state index in [9.17, 15) is 0 Å². The van der Waals surface area contributed by atoms with Crippen LogP contribution in [0.2, 0.25) is 0 Å². The minimum absolute atomic E-state index is 0.402. The van der Waals surface area contributed by atoms with Crippen molar-refractivity contribution in [1.29, 1.82) is 0 Å². The lowest BCUT2D eigenvalue weighted by Gasteiger charge is -2.34. The second kappa shape index (κ2) is 11.3. The van der Waals surface area contributed by atoms with Gasteiger partial charge in [-0.1, -0.05) is 144 Å². The monoisotopic (exact) mass is 518 g/mol. The molecule has 1 aliphatic rings. The topological polar surface area (TPSA) is 0 Å². The van der Waals surface area contributed by atoms with Crippen LogP contribution >= 0.6 is 15.8 Å². The summed E-state index contributed by atoms with van der Waals surface area (Å²) in [5.74, 6) is 0.402. The zero-order chi connectivity index (χ0) is 25.9. The van der Waals surface area contributed by atoms with Gasteiger partial charge in [0.05, 0.1) is 0 Å². The molecule has 4 aromatic rings. The number of hydrogen-bond donors (Lipinski definition) is 0. The van der Waals surface area contributed by atoms with Gasteiger partial charge < -0.3 is 0 Å².